The third-order valence-electron chi connectivity index (χ3n) is 4.96. The van der Waals surface area contributed by atoms with E-state index >= 15 is 0 Å². The predicted octanol–water partition coefficient (Wildman–Crippen LogP) is 1.57. The van der Waals surface area contributed by atoms with E-state index in [2.05, 4.69) is 25.6 Å². The molecule has 3 aromatic heterocycles. The molecule has 0 radical (unpaired) electrons. The first-order valence-electron chi connectivity index (χ1n) is 9.34. The van der Waals surface area contributed by atoms with Gasteiger partial charge < -0.3 is 20.3 Å². The van der Waals surface area contributed by atoms with Crippen LogP contribution in [0, 0.1) is 0 Å². The summed E-state index contributed by atoms with van der Waals surface area (Å²) in [6, 6.07) is 4.98. The molecule has 28 heavy (non-hydrogen) atoms. The maximum Gasteiger partial charge on any atom is 0.262 e. The number of anilines is 3. The fourth-order valence-corrected chi connectivity index (χ4v) is 3.56. The molecule has 4 rings (SSSR count). The lowest BCUT2D eigenvalue weighted by molar-refractivity contribution is 0.182. The van der Waals surface area contributed by atoms with Gasteiger partial charge in [0.25, 0.3) is 11.1 Å². The van der Waals surface area contributed by atoms with Gasteiger partial charge >= 0.3 is 0 Å². The lowest BCUT2D eigenvalue weighted by Gasteiger charge is -2.17. The zero-order valence-corrected chi connectivity index (χ0v) is 15.5. The van der Waals surface area contributed by atoms with E-state index in [-0.39, 0.29) is 29.2 Å². The molecule has 146 valence electrons. The summed E-state index contributed by atoms with van der Waals surface area (Å²) in [5, 5.41) is 17.4. The summed E-state index contributed by atoms with van der Waals surface area (Å²) in [5.41, 5.74) is -0.395. The Morgan fingerprint density at radius 2 is 2.18 bits per heavy atom. The summed E-state index contributed by atoms with van der Waals surface area (Å²) in [6.07, 6.45) is 4.97. The second-order valence-corrected chi connectivity index (χ2v) is 6.94. The molecule has 0 aliphatic heterocycles. The summed E-state index contributed by atoms with van der Waals surface area (Å²) >= 11 is 0. The molecule has 3 aromatic rings. The Labute approximate surface area is 160 Å². The molecule has 0 amide bonds. The Hall–Kier alpha value is -3.20. The third-order valence-corrected chi connectivity index (χ3v) is 4.96. The van der Waals surface area contributed by atoms with Gasteiger partial charge in [-0.3, -0.25) is 14.6 Å². The van der Waals surface area contributed by atoms with Crippen LogP contribution in [0.1, 0.15) is 26.2 Å². The number of pyridine rings is 2. The molecule has 9 nitrogen and oxygen atoms in total. The monoisotopic (exact) mass is 382 g/mol. The number of aromatic amines is 1. The van der Waals surface area contributed by atoms with E-state index in [0.717, 1.165) is 18.2 Å². The molecule has 2 unspecified atom stereocenters. The van der Waals surface area contributed by atoms with Crippen molar-refractivity contribution in [1.29, 1.82) is 0 Å². The molecular formula is C19H22N6O3. The normalized spacial score (nSPS) is 19.1. The van der Waals surface area contributed by atoms with Crippen LogP contribution in [0.2, 0.25) is 0 Å². The lowest BCUT2D eigenvalue weighted by atomic mass is 10.1. The van der Waals surface area contributed by atoms with Gasteiger partial charge in [0.05, 0.1) is 11.5 Å². The molecule has 0 aromatic carbocycles. The maximum atomic E-state index is 12.9. The summed E-state index contributed by atoms with van der Waals surface area (Å²) in [5.74, 6) is 1.19. The van der Waals surface area contributed by atoms with Crippen LogP contribution in [0.3, 0.4) is 0 Å². The van der Waals surface area contributed by atoms with Crippen LogP contribution >= 0.6 is 0 Å². The molecule has 1 saturated carbocycles. The van der Waals surface area contributed by atoms with E-state index < -0.39 is 0 Å². The van der Waals surface area contributed by atoms with Crippen molar-refractivity contribution in [2.75, 3.05) is 10.6 Å². The standard InChI is InChI=1S/C19H22N6O3/c1-2-25-8-6-11-9-14(23-19-20-7-5-15(27)24-19)22-17(16(11)18(25)28)21-12-3-4-13(26)10-12/h5-9,12-13,26H,2-4,10H2,1H3,(H3,20,21,22,23,24,27). The van der Waals surface area contributed by atoms with E-state index in [0.29, 0.717) is 30.0 Å². The van der Waals surface area contributed by atoms with Crippen molar-refractivity contribution < 1.29 is 5.11 Å². The number of aliphatic hydroxyl groups excluding tert-OH is 1. The minimum absolute atomic E-state index is 0.0466. The minimum atomic E-state index is -0.337. The second-order valence-electron chi connectivity index (χ2n) is 6.94. The second kappa shape index (κ2) is 7.43. The first-order chi connectivity index (χ1) is 13.5. The van der Waals surface area contributed by atoms with E-state index in [1.54, 1.807) is 16.8 Å². The molecule has 1 aliphatic rings. The highest BCUT2D eigenvalue weighted by Gasteiger charge is 2.24. The molecule has 4 N–H and O–H groups in total. The van der Waals surface area contributed by atoms with Gasteiger partial charge in [0.15, 0.2) is 0 Å². The van der Waals surface area contributed by atoms with Crippen LogP contribution in [-0.4, -0.2) is 36.8 Å². The first-order valence-corrected chi connectivity index (χ1v) is 9.34. The molecule has 0 spiro atoms. The van der Waals surface area contributed by atoms with E-state index in [1.165, 1.54) is 12.3 Å². The number of fused-ring (bicyclic) bond motifs is 1. The quantitative estimate of drug-likeness (QED) is 0.528. The van der Waals surface area contributed by atoms with E-state index in [1.807, 2.05) is 13.0 Å². The fraction of sp³-hybridized carbons (Fsp3) is 0.368. The fourth-order valence-electron chi connectivity index (χ4n) is 3.56. The van der Waals surface area contributed by atoms with Crippen molar-refractivity contribution in [2.45, 2.75) is 44.9 Å². The Bertz CT molecular complexity index is 1120. The molecule has 1 fully saturated rings. The number of hydrogen-bond donors (Lipinski definition) is 4. The van der Waals surface area contributed by atoms with Crippen molar-refractivity contribution in [3.05, 3.63) is 51.3 Å². The summed E-state index contributed by atoms with van der Waals surface area (Å²) in [4.78, 5) is 35.6. The molecule has 0 bridgehead atoms. The SMILES string of the molecule is CCn1ccc2cc(Nc3nccc(=O)[nH]3)nc(NC3CCC(O)C3)c2c1=O. The van der Waals surface area contributed by atoms with Crippen molar-refractivity contribution in [3.63, 3.8) is 0 Å². The number of hydrogen-bond acceptors (Lipinski definition) is 7. The van der Waals surface area contributed by atoms with Gasteiger partial charge in [0.2, 0.25) is 5.95 Å². The van der Waals surface area contributed by atoms with Gasteiger partial charge in [-0.25, -0.2) is 9.97 Å². The molecule has 1 aliphatic carbocycles. The lowest BCUT2D eigenvalue weighted by Crippen LogP contribution is -2.23. The van der Waals surface area contributed by atoms with Gasteiger partial charge in [0.1, 0.15) is 11.6 Å². The Morgan fingerprint density at radius 1 is 1.32 bits per heavy atom. The van der Waals surface area contributed by atoms with Crippen LogP contribution in [0.25, 0.3) is 10.8 Å². The number of rotatable bonds is 5. The first kappa shape index (κ1) is 18.2. The number of aromatic nitrogens is 4. The van der Waals surface area contributed by atoms with Gasteiger partial charge in [-0.15, -0.1) is 0 Å². The van der Waals surface area contributed by atoms with E-state index in [9.17, 15) is 14.7 Å². The summed E-state index contributed by atoms with van der Waals surface area (Å²) in [6.45, 7) is 2.47. The zero-order valence-electron chi connectivity index (χ0n) is 15.5. The molecule has 9 heteroatoms. The highest BCUT2D eigenvalue weighted by atomic mass is 16.3. The van der Waals surface area contributed by atoms with Crippen molar-refractivity contribution in [3.8, 4) is 0 Å². The van der Waals surface area contributed by atoms with E-state index in [4.69, 9.17) is 0 Å². The zero-order chi connectivity index (χ0) is 19.7. The highest BCUT2D eigenvalue weighted by Crippen LogP contribution is 2.27. The largest absolute Gasteiger partial charge is 0.393 e. The predicted molar refractivity (Wildman–Crippen MR) is 107 cm³/mol. The number of nitrogens with zero attached hydrogens (tertiary/aromatic N) is 3. The minimum Gasteiger partial charge on any atom is -0.393 e. The number of nitrogens with one attached hydrogen (secondary N) is 3. The van der Waals surface area contributed by atoms with Crippen molar-refractivity contribution >= 4 is 28.4 Å². The van der Waals surface area contributed by atoms with Crippen LogP contribution in [-0.2, 0) is 6.54 Å². The topological polar surface area (TPSA) is 125 Å². The molecule has 0 saturated heterocycles. The van der Waals surface area contributed by atoms with Gasteiger partial charge in [0, 0.05) is 31.0 Å². The van der Waals surface area contributed by atoms with Crippen LogP contribution in [0.4, 0.5) is 17.6 Å². The number of aliphatic hydroxyl groups is 1. The van der Waals surface area contributed by atoms with Crippen molar-refractivity contribution in [2.24, 2.45) is 0 Å². The highest BCUT2D eigenvalue weighted by molar-refractivity contribution is 5.93. The average molecular weight is 382 g/mol. The van der Waals surface area contributed by atoms with Gasteiger partial charge in [-0.05, 0) is 43.7 Å². The van der Waals surface area contributed by atoms with Crippen molar-refractivity contribution in [1.82, 2.24) is 19.5 Å². The Balaban J connectivity index is 1.79. The maximum absolute atomic E-state index is 12.9. The van der Waals surface area contributed by atoms with Crippen LogP contribution in [0.15, 0.2) is 40.2 Å². The smallest absolute Gasteiger partial charge is 0.262 e. The molecule has 2 atom stereocenters. The summed E-state index contributed by atoms with van der Waals surface area (Å²) < 4.78 is 1.63. The van der Waals surface area contributed by atoms with Crippen LogP contribution in [0.5, 0.6) is 0 Å². The molecular weight excluding hydrogens is 360 g/mol. The average Bonchev–Trinajstić information content (AvgIpc) is 3.06. The number of H-pyrrole nitrogens is 1. The van der Waals surface area contributed by atoms with Gasteiger partial charge in [-0.1, -0.05) is 0 Å². The molecule has 3 heterocycles. The Morgan fingerprint density at radius 3 is 2.89 bits per heavy atom. The third kappa shape index (κ3) is 3.61. The summed E-state index contributed by atoms with van der Waals surface area (Å²) in [7, 11) is 0. The number of aryl methyl sites for hydroxylation is 1. The Kier molecular flexibility index (Phi) is 4.82. The van der Waals surface area contributed by atoms with Gasteiger partial charge in [-0.2, -0.15) is 0 Å². The van der Waals surface area contributed by atoms with Crippen LogP contribution < -0.4 is 21.8 Å².